The molecule has 0 spiro atoms. The predicted octanol–water partition coefficient (Wildman–Crippen LogP) is 0.247. The fourth-order valence-corrected chi connectivity index (χ4v) is 3.21. The molecule has 0 aromatic carbocycles. The van der Waals surface area contributed by atoms with Crippen molar-refractivity contribution in [2.24, 2.45) is 11.6 Å². The van der Waals surface area contributed by atoms with Crippen LogP contribution in [-0.2, 0) is 14.3 Å². The summed E-state index contributed by atoms with van der Waals surface area (Å²) in [5, 5.41) is 23.8. The van der Waals surface area contributed by atoms with Crippen molar-refractivity contribution in [1.29, 1.82) is 0 Å². The number of aliphatic hydroxyl groups is 2. The smallest absolute Gasteiger partial charge is 0.323 e. The Morgan fingerprint density at radius 3 is 2.70 bits per heavy atom. The van der Waals surface area contributed by atoms with Gasteiger partial charge in [0.15, 0.2) is 23.8 Å². The van der Waals surface area contributed by atoms with Gasteiger partial charge in [-0.2, -0.15) is 0 Å². The average molecular weight is 468 g/mol. The molecule has 0 aliphatic carbocycles. The first-order valence-corrected chi connectivity index (χ1v) is 8.82. The number of halogens is 2. The maximum Gasteiger partial charge on any atom is 0.323 e. The molecule has 1 saturated heterocycles. The fourth-order valence-electron chi connectivity index (χ4n) is 3.21. The van der Waals surface area contributed by atoms with E-state index in [0.717, 1.165) is 0 Å². The van der Waals surface area contributed by atoms with E-state index in [0.29, 0.717) is 17.0 Å². The molecule has 30 heavy (non-hydrogen) atoms. The van der Waals surface area contributed by atoms with Crippen molar-refractivity contribution in [3.05, 3.63) is 12.7 Å². The van der Waals surface area contributed by atoms with E-state index in [1.54, 1.807) is 7.05 Å². The molecule has 0 saturated carbocycles. The minimum Gasteiger partial charge on any atom is -0.455 e. The minimum atomic E-state index is -1.74. The number of aliphatic hydroxyl groups excluding tert-OH is 1. The van der Waals surface area contributed by atoms with Crippen LogP contribution in [0.4, 0.5) is 5.82 Å². The molecule has 2 aromatic heterocycles. The predicted molar refractivity (Wildman–Crippen MR) is 114 cm³/mol. The molecular formula is C17H28Cl2N6O5. The van der Waals surface area contributed by atoms with Gasteiger partial charge in [0.1, 0.15) is 29.6 Å². The molecule has 0 radical (unpaired) electrons. The van der Waals surface area contributed by atoms with Crippen molar-refractivity contribution in [2.45, 2.75) is 50.8 Å². The number of hydrogen-bond donors (Lipinski definition) is 4. The Hall–Kier alpha value is -1.76. The van der Waals surface area contributed by atoms with Gasteiger partial charge in [0.05, 0.1) is 12.9 Å². The van der Waals surface area contributed by atoms with E-state index in [9.17, 15) is 15.0 Å². The lowest BCUT2D eigenvalue weighted by Crippen LogP contribution is -2.50. The molecule has 5 atom stereocenters. The Bertz CT molecular complexity index is 909. The molecule has 1 fully saturated rings. The summed E-state index contributed by atoms with van der Waals surface area (Å²) in [6.45, 7) is 3.87. The molecule has 0 bridgehead atoms. The van der Waals surface area contributed by atoms with Crippen LogP contribution < -0.4 is 11.1 Å². The van der Waals surface area contributed by atoms with Gasteiger partial charge >= 0.3 is 5.97 Å². The highest BCUT2D eigenvalue weighted by molar-refractivity contribution is 5.85. The first-order chi connectivity index (χ1) is 13.5. The third kappa shape index (κ3) is 4.46. The lowest BCUT2D eigenvalue weighted by atomic mass is 9.95. The van der Waals surface area contributed by atoms with Gasteiger partial charge < -0.3 is 30.7 Å². The number of carbonyl (C=O) groups excluding carboxylic acids is 1. The van der Waals surface area contributed by atoms with Crippen LogP contribution in [0.2, 0.25) is 0 Å². The minimum absolute atomic E-state index is 0. The van der Waals surface area contributed by atoms with Gasteiger partial charge in [-0.1, -0.05) is 13.8 Å². The molecule has 13 heteroatoms. The molecule has 2 aromatic rings. The number of nitrogens with one attached hydrogen (secondary N) is 1. The highest BCUT2D eigenvalue weighted by Gasteiger charge is 2.56. The van der Waals surface area contributed by atoms with Crippen LogP contribution in [-0.4, -0.2) is 73.2 Å². The summed E-state index contributed by atoms with van der Waals surface area (Å²) in [5.74, 6) is -1.65. The van der Waals surface area contributed by atoms with Gasteiger partial charge in [-0.15, -0.1) is 24.8 Å². The van der Waals surface area contributed by atoms with E-state index in [4.69, 9.17) is 16.6 Å². The fraction of sp³-hybridized carbons (Fsp3) is 0.647. The van der Waals surface area contributed by atoms with Gasteiger partial charge in [-0.05, 0) is 12.8 Å². The maximum absolute atomic E-state index is 12.4. The molecular weight excluding hydrogens is 439 g/mol. The summed E-state index contributed by atoms with van der Waals surface area (Å²) in [6, 6.07) is -1.24. The number of esters is 1. The zero-order chi connectivity index (χ0) is 21.6. The summed E-state index contributed by atoms with van der Waals surface area (Å²) >= 11 is 0. The molecule has 0 amide bonds. The second-order valence-electron chi connectivity index (χ2n) is 7.14. The maximum atomic E-state index is 12.4. The Morgan fingerprint density at radius 1 is 1.47 bits per heavy atom. The second kappa shape index (κ2) is 10.0. The highest BCUT2D eigenvalue weighted by Crippen LogP contribution is 2.41. The van der Waals surface area contributed by atoms with Crippen molar-refractivity contribution in [2.75, 3.05) is 19.0 Å². The van der Waals surface area contributed by atoms with E-state index in [1.165, 1.54) is 38.0 Å². The lowest BCUT2D eigenvalue weighted by Gasteiger charge is -2.30. The normalized spacial score (nSPS) is 27.6. The first-order valence-electron chi connectivity index (χ1n) is 9.32. The van der Waals surface area contributed by atoms with Crippen LogP contribution in [0.5, 0.6) is 0 Å². The van der Waals surface area contributed by atoms with Gasteiger partial charge in [-0.25, -0.2) is 15.0 Å². The number of fused-ring (bicyclic) bond motifs is 1. The molecule has 3 rings (SSSR count). The van der Waals surface area contributed by atoms with Gasteiger partial charge in [0.25, 0.3) is 0 Å². The third-order valence-corrected chi connectivity index (χ3v) is 4.86. The Labute approximate surface area is 187 Å². The number of carbonyl (C=O) groups is 1. The topological polar surface area (TPSA) is 158 Å². The van der Waals surface area contributed by atoms with Crippen LogP contribution in [0.15, 0.2) is 12.7 Å². The Balaban J connectivity index is 0.00000240. The molecule has 5 N–H and O–H groups in total. The molecule has 1 aliphatic heterocycles. The number of hydrogen-bond acceptors (Lipinski definition) is 10. The van der Waals surface area contributed by atoms with E-state index >= 15 is 0 Å². The monoisotopic (exact) mass is 467 g/mol. The van der Waals surface area contributed by atoms with E-state index in [2.05, 4.69) is 20.3 Å². The molecule has 1 aliphatic rings. The number of imidazole rings is 1. The van der Waals surface area contributed by atoms with Gasteiger partial charge in [0.2, 0.25) is 0 Å². The highest BCUT2D eigenvalue weighted by atomic mass is 35.5. The van der Waals surface area contributed by atoms with Crippen molar-refractivity contribution in [1.82, 2.24) is 19.5 Å². The third-order valence-electron chi connectivity index (χ3n) is 4.86. The summed E-state index contributed by atoms with van der Waals surface area (Å²) in [6.07, 6.45) is -0.518. The Kier molecular flexibility index (Phi) is 8.20. The van der Waals surface area contributed by atoms with E-state index in [-0.39, 0.29) is 24.8 Å². The number of nitrogens with zero attached hydrogens (tertiary/aromatic N) is 4. The summed E-state index contributed by atoms with van der Waals surface area (Å²) in [5.41, 5.74) is 4.91. The zero-order valence-electron chi connectivity index (χ0n) is 18.0. The molecule has 3 heterocycles. The van der Waals surface area contributed by atoms with Crippen LogP contribution in [0, 0.1) is 5.89 Å². The number of ether oxygens (including phenoxy) is 2. The van der Waals surface area contributed by atoms with Crippen LogP contribution >= 0.6 is 24.8 Å². The lowest BCUT2D eigenvalue weighted by molar-refractivity contribution is -0.166. The van der Waals surface area contributed by atoms with Crippen molar-refractivity contribution < 1.29 is 25.9 Å². The number of nitrogens with two attached hydrogens (primary N) is 1. The Morgan fingerprint density at radius 2 is 2.13 bits per heavy atom. The van der Waals surface area contributed by atoms with Crippen LogP contribution in [0.1, 0.15) is 28.4 Å². The van der Waals surface area contributed by atoms with Crippen LogP contribution in [0.3, 0.4) is 0 Å². The molecule has 1 unspecified atom stereocenters. The van der Waals surface area contributed by atoms with Crippen molar-refractivity contribution in [3.8, 4) is 0 Å². The standard InChI is InChI=1S/C17H26N6O5.2ClH/c1-8(2)10(18)15(25)28-12-9(5-24)27-16(17(12,3)26)23-7-22-11-13(19-4)20-6-21-14(11)23;;/h6-10,12,16,24,26H,5,18H2,1-4H3,(H,19,20,21);2*1H/t9-,10+,12-,16?,17-;;/m1../s1/i8D;;. The number of rotatable bonds is 6. The van der Waals surface area contributed by atoms with Gasteiger partial charge in [-0.3, -0.25) is 9.36 Å². The van der Waals surface area contributed by atoms with E-state index < -0.39 is 48.5 Å². The largest absolute Gasteiger partial charge is 0.455 e. The number of anilines is 1. The molecule has 11 nitrogen and oxygen atoms in total. The summed E-state index contributed by atoms with van der Waals surface area (Å²) in [7, 11) is 1.69. The quantitative estimate of drug-likeness (QED) is 0.433. The number of aromatic nitrogens is 4. The van der Waals surface area contributed by atoms with E-state index in [1.807, 2.05) is 0 Å². The van der Waals surface area contributed by atoms with Crippen molar-refractivity contribution >= 4 is 47.8 Å². The SMILES string of the molecule is Cl.Cl.[2H]C(C)(C)[C@H](N)C(=O)O[C@@H]1[C@@H](CO)OC(n2cnc3c(NC)ncnc32)[C@]1(C)O. The first kappa shape index (κ1) is 24.5. The van der Waals surface area contributed by atoms with Crippen molar-refractivity contribution in [3.63, 3.8) is 0 Å². The summed E-state index contributed by atoms with van der Waals surface area (Å²) in [4.78, 5) is 25.0. The molecule has 170 valence electrons. The van der Waals surface area contributed by atoms with Crippen LogP contribution in [0.25, 0.3) is 11.2 Å². The second-order valence-corrected chi connectivity index (χ2v) is 7.14. The summed E-state index contributed by atoms with van der Waals surface area (Å²) < 4.78 is 20.6. The average Bonchev–Trinajstić information content (AvgIpc) is 3.19. The van der Waals surface area contributed by atoms with Gasteiger partial charge in [0, 0.05) is 8.42 Å². The zero-order valence-corrected chi connectivity index (χ0v) is 18.6.